The number of rotatable bonds is 7. The molecule has 1 aliphatic rings. The standard InChI is InChI=1S/C29H28N4O3/c1-36-24-11-10-23-19-33(14-12-21(23)16-24)15-13-30-28(34)25-8-4-5-9-26(25)32-29(35)27-17-20-6-2-3-7-22(20)18-31-27/h2-11,16-18H,12-15,19H2,1H3,(H,30,34)(H,32,35). The fourth-order valence-electron chi connectivity index (χ4n) is 4.51. The van der Waals surface area contributed by atoms with E-state index in [1.54, 1.807) is 43.6 Å². The Balaban J connectivity index is 1.19. The highest BCUT2D eigenvalue weighted by molar-refractivity contribution is 6.09. The number of amides is 2. The molecule has 2 amide bonds. The van der Waals surface area contributed by atoms with Crippen LogP contribution in [0.3, 0.4) is 0 Å². The van der Waals surface area contributed by atoms with Crippen molar-refractivity contribution < 1.29 is 14.3 Å². The van der Waals surface area contributed by atoms with Gasteiger partial charge in [0.2, 0.25) is 0 Å². The smallest absolute Gasteiger partial charge is 0.274 e. The van der Waals surface area contributed by atoms with Crippen molar-refractivity contribution in [1.29, 1.82) is 0 Å². The SMILES string of the molecule is COc1ccc2c(c1)CCN(CCNC(=O)c1ccccc1NC(=O)c1cc3ccccc3cn1)C2. The molecule has 0 saturated carbocycles. The Morgan fingerprint density at radius 1 is 0.944 bits per heavy atom. The monoisotopic (exact) mass is 480 g/mol. The number of ether oxygens (including phenoxy) is 1. The minimum atomic E-state index is -0.357. The molecule has 1 aromatic heterocycles. The van der Waals surface area contributed by atoms with Crippen LogP contribution in [0.2, 0.25) is 0 Å². The van der Waals surface area contributed by atoms with Crippen molar-refractivity contribution >= 4 is 28.3 Å². The first-order valence-electron chi connectivity index (χ1n) is 12.0. The normalized spacial score (nSPS) is 13.1. The molecule has 0 unspecified atom stereocenters. The van der Waals surface area contributed by atoms with Crippen molar-refractivity contribution in [2.45, 2.75) is 13.0 Å². The molecule has 2 heterocycles. The van der Waals surface area contributed by atoms with E-state index in [-0.39, 0.29) is 11.8 Å². The average molecular weight is 481 g/mol. The summed E-state index contributed by atoms with van der Waals surface area (Å²) in [6, 6.07) is 22.7. The van der Waals surface area contributed by atoms with Crippen LogP contribution in [-0.4, -0.2) is 48.4 Å². The van der Waals surface area contributed by atoms with Crippen LogP contribution in [0.1, 0.15) is 32.0 Å². The molecule has 7 heteroatoms. The van der Waals surface area contributed by atoms with Crippen LogP contribution < -0.4 is 15.4 Å². The maximum absolute atomic E-state index is 13.0. The lowest BCUT2D eigenvalue weighted by molar-refractivity contribution is 0.0948. The third-order valence-corrected chi connectivity index (χ3v) is 6.50. The molecule has 36 heavy (non-hydrogen) atoms. The van der Waals surface area contributed by atoms with Crippen molar-refractivity contribution in [2.75, 3.05) is 32.1 Å². The molecule has 0 radical (unpaired) electrons. The molecule has 0 saturated heterocycles. The summed E-state index contributed by atoms with van der Waals surface area (Å²) < 4.78 is 5.33. The van der Waals surface area contributed by atoms with E-state index < -0.39 is 0 Å². The van der Waals surface area contributed by atoms with Crippen LogP contribution in [0.5, 0.6) is 5.75 Å². The van der Waals surface area contributed by atoms with E-state index in [4.69, 9.17) is 4.74 Å². The molecule has 5 rings (SSSR count). The van der Waals surface area contributed by atoms with E-state index in [0.717, 1.165) is 42.6 Å². The van der Waals surface area contributed by atoms with Crippen LogP contribution in [-0.2, 0) is 13.0 Å². The number of carbonyl (C=O) groups excluding carboxylic acids is 2. The van der Waals surface area contributed by atoms with Gasteiger partial charge in [0.25, 0.3) is 11.8 Å². The molecular weight excluding hydrogens is 452 g/mol. The van der Waals surface area contributed by atoms with Crippen LogP contribution in [0.25, 0.3) is 10.8 Å². The zero-order valence-corrected chi connectivity index (χ0v) is 20.2. The number of anilines is 1. The summed E-state index contributed by atoms with van der Waals surface area (Å²) in [4.78, 5) is 32.4. The second kappa shape index (κ2) is 10.6. The van der Waals surface area contributed by atoms with Crippen LogP contribution in [0.15, 0.2) is 79.0 Å². The molecule has 0 aliphatic carbocycles. The highest BCUT2D eigenvalue weighted by Crippen LogP contribution is 2.23. The molecule has 0 spiro atoms. The number of nitrogens with one attached hydrogen (secondary N) is 2. The third-order valence-electron chi connectivity index (χ3n) is 6.50. The molecule has 3 aromatic carbocycles. The summed E-state index contributed by atoms with van der Waals surface area (Å²) in [7, 11) is 1.68. The van der Waals surface area contributed by atoms with Crippen molar-refractivity contribution in [2.24, 2.45) is 0 Å². The third kappa shape index (κ3) is 5.21. The Kier molecular flexibility index (Phi) is 6.91. The number of fused-ring (bicyclic) bond motifs is 2. The quantitative estimate of drug-likeness (QED) is 0.413. The lowest BCUT2D eigenvalue weighted by Crippen LogP contribution is -2.38. The first kappa shape index (κ1) is 23.5. The predicted octanol–water partition coefficient (Wildman–Crippen LogP) is 4.28. The van der Waals surface area contributed by atoms with Gasteiger partial charge in [-0.25, -0.2) is 0 Å². The highest BCUT2D eigenvalue weighted by atomic mass is 16.5. The average Bonchev–Trinajstić information content (AvgIpc) is 2.92. The van der Waals surface area contributed by atoms with Gasteiger partial charge < -0.3 is 15.4 Å². The number of benzene rings is 3. The second-order valence-corrected chi connectivity index (χ2v) is 8.83. The summed E-state index contributed by atoms with van der Waals surface area (Å²) in [5, 5.41) is 7.75. The van der Waals surface area contributed by atoms with Crippen molar-refractivity contribution in [3.63, 3.8) is 0 Å². The number of carbonyl (C=O) groups is 2. The number of aromatic nitrogens is 1. The van der Waals surface area contributed by atoms with Gasteiger partial charge in [0.1, 0.15) is 11.4 Å². The zero-order valence-electron chi connectivity index (χ0n) is 20.2. The van der Waals surface area contributed by atoms with Gasteiger partial charge in [0.15, 0.2) is 0 Å². The van der Waals surface area contributed by atoms with Gasteiger partial charge in [0.05, 0.1) is 18.4 Å². The van der Waals surface area contributed by atoms with Gasteiger partial charge in [-0.15, -0.1) is 0 Å². The van der Waals surface area contributed by atoms with Crippen molar-refractivity contribution in [3.05, 3.63) is 101 Å². The number of methoxy groups -OCH3 is 1. The van der Waals surface area contributed by atoms with E-state index in [9.17, 15) is 9.59 Å². The van der Waals surface area contributed by atoms with Gasteiger partial charge in [-0.1, -0.05) is 42.5 Å². The molecule has 182 valence electrons. The van der Waals surface area contributed by atoms with Crippen molar-refractivity contribution in [3.8, 4) is 5.75 Å². The van der Waals surface area contributed by atoms with Gasteiger partial charge in [0, 0.05) is 37.8 Å². The van der Waals surface area contributed by atoms with Crippen molar-refractivity contribution in [1.82, 2.24) is 15.2 Å². The van der Waals surface area contributed by atoms with Gasteiger partial charge >= 0.3 is 0 Å². The summed E-state index contributed by atoms with van der Waals surface area (Å²) in [6.07, 6.45) is 2.64. The minimum Gasteiger partial charge on any atom is -0.497 e. The maximum Gasteiger partial charge on any atom is 0.274 e. The molecule has 0 bridgehead atoms. The zero-order chi connectivity index (χ0) is 24.9. The molecule has 4 aromatic rings. The second-order valence-electron chi connectivity index (χ2n) is 8.83. The summed E-state index contributed by atoms with van der Waals surface area (Å²) in [5.74, 6) is 0.306. The molecule has 0 fully saturated rings. The molecule has 7 nitrogen and oxygen atoms in total. The molecule has 1 aliphatic heterocycles. The topological polar surface area (TPSA) is 83.6 Å². The fraction of sp³-hybridized carbons (Fsp3) is 0.207. The van der Waals surface area contributed by atoms with Crippen LogP contribution >= 0.6 is 0 Å². The van der Waals surface area contributed by atoms with Crippen LogP contribution in [0.4, 0.5) is 5.69 Å². The Morgan fingerprint density at radius 3 is 2.61 bits per heavy atom. The Bertz CT molecular complexity index is 1420. The fourth-order valence-corrected chi connectivity index (χ4v) is 4.51. The molecule has 0 atom stereocenters. The highest BCUT2D eigenvalue weighted by Gasteiger charge is 2.18. The van der Waals surface area contributed by atoms with Gasteiger partial charge in [-0.2, -0.15) is 0 Å². The van der Waals surface area contributed by atoms with E-state index in [1.165, 1.54) is 11.1 Å². The van der Waals surface area contributed by atoms with Crippen LogP contribution in [0, 0.1) is 0 Å². The number of nitrogens with zero attached hydrogens (tertiary/aromatic N) is 2. The first-order valence-corrected chi connectivity index (χ1v) is 12.0. The number of pyridine rings is 1. The Hall–Kier alpha value is -4.23. The number of para-hydroxylation sites is 1. The first-order chi connectivity index (χ1) is 17.6. The largest absolute Gasteiger partial charge is 0.497 e. The van der Waals surface area contributed by atoms with Gasteiger partial charge in [-0.3, -0.25) is 19.5 Å². The summed E-state index contributed by atoms with van der Waals surface area (Å²) in [5.41, 5.74) is 3.79. The summed E-state index contributed by atoms with van der Waals surface area (Å²) in [6.45, 7) is 3.04. The lowest BCUT2D eigenvalue weighted by Gasteiger charge is -2.29. The Morgan fingerprint density at radius 2 is 1.75 bits per heavy atom. The van der Waals surface area contributed by atoms with E-state index in [1.807, 2.05) is 30.3 Å². The van der Waals surface area contributed by atoms with E-state index >= 15 is 0 Å². The molecular formula is C29H28N4O3. The molecule has 2 N–H and O–H groups in total. The summed E-state index contributed by atoms with van der Waals surface area (Å²) >= 11 is 0. The Labute approximate surface area is 210 Å². The van der Waals surface area contributed by atoms with Gasteiger partial charge in [-0.05, 0) is 53.3 Å². The number of hydrogen-bond donors (Lipinski definition) is 2. The van der Waals surface area contributed by atoms with E-state index in [0.29, 0.717) is 23.5 Å². The van der Waals surface area contributed by atoms with E-state index in [2.05, 4.69) is 32.7 Å². The lowest BCUT2D eigenvalue weighted by atomic mass is 9.99. The maximum atomic E-state index is 13.0. The predicted molar refractivity (Wildman–Crippen MR) is 140 cm³/mol. The minimum absolute atomic E-state index is 0.223. The number of hydrogen-bond acceptors (Lipinski definition) is 5.